The van der Waals surface area contributed by atoms with Crippen molar-refractivity contribution in [1.29, 1.82) is 0 Å². The number of ether oxygens (including phenoxy) is 1. The zero-order valence-corrected chi connectivity index (χ0v) is 9.95. The largest absolute Gasteiger partial charge is 0.464 e. The van der Waals surface area contributed by atoms with Crippen molar-refractivity contribution in [1.82, 2.24) is 9.97 Å². The molecule has 0 unspecified atom stereocenters. The van der Waals surface area contributed by atoms with Crippen LogP contribution < -0.4 is 10.1 Å². The molecule has 4 heteroatoms. The highest BCUT2D eigenvalue weighted by molar-refractivity contribution is 5.50. The van der Waals surface area contributed by atoms with E-state index in [4.69, 9.17) is 11.2 Å². The maximum Gasteiger partial charge on any atom is 0.223 e. The highest BCUT2D eigenvalue weighted by Gasteiger charge is 2.15. The minimum absolute atomic E-state index is 0.225. The third-order valence-electron chi connectivity index (χ3n) is 2.06. The Morgan fingerprint density at radius 2 is 2.25 bits per heavy atom. The molecule has 0 bridgehead atoms. The van der Waals surface area contributed by atoms with Crippen molar-refractivity contribution in [3.63, 3.8) is 0 Å². The Bertz CT molecular complexity index is 382. The monoisotopic (exact) mass is 219 g/mol. The SMILES string of the molecule is C#CCOc1ncnc(NCC)c1C(C)C. The van der Waals surface area contributed by atoms with Gasteiger partial charge in [0.1, 0.15) is 12.1 Å². The van der Waals surface area contributed by atoms with E-state index >= 15 is 0 Å². The van der Waals surface area contributed by atoms with E-state index in [9.17, 15) is 0 Å². The molecule has 0 aliphatic rings. The first-order valence-electron chi connectivity index (χ1n) is 5.35. The smallest absolute Gasteiger partial charge is 0.223 e. The number of nitrogens with zero attached hydrogens (tertiary/aromatic N) is 2. The highest BCUT2D eigenvalue weighted by Crippen LogP contribution is 2.29. The molecule has 0 amide bonds. The summed E-state index contributed by atoms with van der Waals surface area (Å²) in [6.45, 7) is 7.20. The summed E-state index contributed by atoms with van der Waals surface area (Å²) in [5.41, 5.74) is 0.972. The number of terminal acetylenes is 1. The van der Waals surface area contributed by atoms with E-state index < -0.39 is 0 Å². The van der Waals surface area contributed by atoms with E-state index in [-0.39, 0.29) is 12.5 Å². The van der Waals surface area contributed by atoms with Crippen LogP contribution in [0.2, 0.25) is 0 Å². The molecule has 0 saturated heterocycles. The van der Waals surface area contributed by atoms with Crippen LogP contribution in [0.1, 0.15) is 32.3 Å². The van der Waals surface area contributed by atoms with Crippen LogP contribution in [-0.2, 0) is 0 Å². The van der Waals surface area contributed by atoms with Gasteiger partial charge in [-0.05, 0) is 12.8 Å². The molecule has 1 heterocycles. The van der Waals surface area contributed by atoms with Gasteiger partial charge in [-0.3, -0.25) is 0 Å². The van der Waals surface area contributed by atoms with Gasteiger partial charge in [-0.25, -0.2) is 9.97 Å². The molecule has 1 rings (SSSR count). The Labute approximate surface area is 96.5 Å². The summed E-state index contributed by atoms with van der Waals surface area (Å²) in [6, 6.07) is 0. The lowest BCUT2D eigenvalue weighted by Gasteiger charge is -2.15. The maximum atomic E-state index is 5.41. The number of nitrogens with one attached hydrogen (secondary N) is 1. The molecule has 1 aromatic heterocycles. The van der Waals surface area contributed by atoms with Gasteiger partial charge < -0.3 is 10.1 Å². The summed E-state index contributed by atoms with van der Waals surface area (Å²) >= 11 is 0. The Morgan fingerprint density at radius 1 is 1.50 bits per heavy atom. The number of aromatic nitrogens is 2. The van der Waals surface area contributed by atoms with Gasteiger partial charge in [-0.15, -0.1) is 6.42 Å². The molecule has 0 aliphatic heterocycles. The molecular formula is C12H17N3O. The summed E-state index contributed by atoms with van der Waals surface area (Å²) in [5, 5.41) is 3.19. The van der Waals surface area contributed by atoms with Crippen LogP contribution >= 0.6 is 0 Å². The highest BCUT2D eigenvalue weighted by atomic mass is 16.5. The topological polar surface area (TPSA) is 47.0 Å². The number of hydrogen-bond donors (Lipinski definition) is 1. The molecule has 1 N–H and O–H groups in total. The molecule has 1 aromatic rings. The van der Waals surface area contributed by atoms with Crippen molar-refractivity contribution >= 4 is 5.82 Å². The zero-order chi connectivity index (χ0) is 12.0. The van der Waals surface area contributed by atoms with Crippen LogP contribution in [0, 0.1) is 12.3 Å². The van der Waals surface area contributed by atoms with E-state index in [0.717, 1.165) is 17.9 Å². The first-order chi connectivity index (χ1) is 7.70. The fourth-order valence-electron chi connectivity index (χ4n) is 1.43. The molecule has 16 heavy (non-hydrogen) atoms. The van der Waals surface area contributed by atoms with Gasteiger partial charge in [-0.2, -0.15) is 0 Å². The predicted octanol–water partition coefficient (Wildman–Crippen LogP) is 2.04. The van der Waals surface area contributed by atoms with Crippen LogP contribution in [0.25, 0.3) is 0 Å². The van der Waals surface area contributed by atoms with Gasteiger partial charge in [0, 0.05) is 6.54 Å². The second-order valence-electron chi connectivity index (χ2n) is 3.62. The molecule has 0 aromatic carbocycles. The van der Waals surface area contributed by atoms with Crippen LogP contribution in [0.5, 0.6) is 5.88 Å². The average molecular weight is 219 g/mol. The summed E-state index contributed by atoms with van der Waals surface area (Å²) in [4.78, 5) is 8.32. The minimum Gasteiger partial charge on any atom is -0.464 e. The average Bonchev–Trinajstić information content (AvgIpc) is 2.26. The van der Waals surface area contributed by atoms with Gasteiger partial charge in [0.05, 0.1) is 5.56 Å². The Hall–Kier alpha value is -1.76. The standard InChI is InChI=1S/C12H17N3O/c1-5-7-16-12-10(9(3)4)11(13-6-2)14-8-15-12/h1,8-9H,6-7H2,2-4H3,(H,13,14,15). The van der Waals surface area contributed by atoms with Gasteiger partial charge in [0.15, 0.2) is 6.61 Å². The molecular weight excluding hydrogens is 202 g/mol. The van der Waals surface area contributed by atoms with E-state index in [1.54, 1.807) is 0 Å². The quantitative estimate of drug-likeness (QED) is 0.770. The molecule has 0 spiro atoms. The van der Waals surface area contributed by atoms with Crippen molar-refractivity contribution in [2.75, 3.05) is 18.5 Å². The fraction of sp³-hybridized carbons (Fsp3) is 0.500. The van der Waals surface area contributed by atoms with Crippen LogP contribution in [0.3, 0.4) is 0 Å². The third-order valence-corrected chi connectivity index (χ3v) is 2.06. The molecule has 0 aliphatic carbocycles. The Kier molecular flexibility index (Phi) is 4.59. The Balaban J connectivity index is 3.06. The maximum absolute atomic E-state index is 5.41. The Morgan fingerprint density at radius 3 is 2.81 bits per heavy atom. The van der Waals surface area contributed by atoms with Gasteiger partial charge in [0.25, 0.3) is 0 Å². The molecule has 0 saturated carbocycles. The van der Waals surface area contributed by atoms with E-state index in [1.165, 1.54) is 6.33 Å². The van der Waals surface area contributed by atoms with E-state index in [0.29, 0.717) is 5.88 Å². The second-order valence-corrected chi connectivity index (χ2v) is 3.62. The van der Waals surface area contributed by atoms with Crippen LogP contribution in [0.15, 0.2) is 6.33 Å². The zero-order valence-electron chi connectivity index (χ0n) is 9.95. The summed E-state index contributed by atoms with van der Waals surface area (Å²) in [7, 11) is 0. The van der Waals surface area contributed by atoms with Crippen molar-refractivity contribution < 1.29 is 4.74 Å². The molecule has 86 valence electrons. The number of hydrogen-bond acceptors (Lipinski definition) is 4. The minimum atomic E-state index is 0.225. The normalized spacial score (nSPS) is 9.94. The predicted molar refractivity (Wildman–Crippen MR) is 64.6 cm³/mol. The van der Waals surface area contributed by atoms with Gasteiger partial charge in [0.2, 0.25) is 5.88 Å². The third kappa shape index (κ3) is 2.86. The van der Waals surface area contributed by atoms with E-state index in [2.05, 4.69) is 35.1 Å². The lowest BCUT2D eigenvalue weighted by atomic mass is 10.1. The lowest BCUT2D eigenvalue weighted by molar-refractivity contribution is 0.348. The van der Waals surface area contributed by atoms with Crippen molar-refractivity contribution in [3.05, 3.63) is 11.9 Å². The van der Waals surface area contributed by atoms with Crippen molar-refractivity contribution in [3.8, 4) is 18.2 Å². The first-order valence-corrected chi connectivity index (χ1v) is 5.35. The summed E-state index contributed by atoms with van der Waals surface area (Å²) < 4.78 is 5.41. The van der Waals surface area contributed by atoms with Crippen molar-refractivity contribution in [2.45, 2.75) is 26.7 Å². The fourth-order valence-corrected chi connectivity index (χ4v) is 1.43. The van der Waals surface area contributed by atoms with E-state index in [1.807, 2.05) is 6.92 Å². The second kappa shape index (κ2) is 5.96. The van der Waals surface area contributed by atoms with Crippen molar-refractivity contribution in [2.24, 2.45) is 0 Å². The van der Waals surface area contributed by atoms with Crippen LogP contribution in [-0.4, -0.2) is 23.1 Å². The molecule has 0 atom stereocenters. The van der Waals surface area contributed by atoms with Crippen LogP contribution in [0.4, 0.5) is 5.82 Å². The molecule has 4 nitrogen and oxygen atoms in total. The molecule has 0 fully saturated rings. The lowest BCUT2D eigenvalue weighted by Crippen LogP contribution is -2.09. The number of rotatable bonds is 5. The molecule has 0 radical (unpaired) electrons. The summed E-state index contributed by atoms with van der Waals surface area (Å²) in [5.74, 6) is 4.10. The van der Waals surface area contributed by atoms with Gasteiger partial charge in [-0.1, -0.05) is 19.8 Å². The number of anilines is 1. The summed E-state index contributed by atoms with van der Waals surface area (Å²) in [6.07, 6.45) is 6.65. The first kappa shape index (κ1) is 12.3. The van der Waals surface area contributed by atoms with Gasteiger partial charge >= 0.3 is 0 Å².